The summed E-state index contributed by atoms with van der Waals surface area (Å²) in [6.07, 6.45) is 0.425. The lowest BCUT2D eigenvalue weighted by Crippen LogP contribution is -2.32. The lowest BCUT2D eigenvalue weighted by molar-refractivity contribution is -0.139. The summed E-state index contributed by atoms with van der Waals surface area (Å²) in [5, 5.41) is 11.3. The molecule has 0 radical (unpaired) electrons. The van der Waals surface area contributed by atoms with Crippen LogP contribution in [0, 0.1) is 0 Å². The summed E-state index contributed by atoms with van der Waals surface area (Å²) in [6.45, 7) is 0.197. The molecule has 0 bridgehead atoms. The zero-order valence-electron chi connectivity index (χ0n) is 21.5. The number of carbonyl (C=O) groups is 2. The van der Waals surface area contributed by atoms with E-state index in [1.165, 1.54) is 19.1 Å². The first-order chi connectivity index (χ1) is 18.3. The van der Waals surface area contributed by atoms with E-state index >= 15 is 0 Å². The average Bonchev–Trinajstić information content (AvgIpc) is 3.20. The van der Waals surface area contributed by atoms with Crippen molar-refractivity contribution in [2.45, 2.75) is 12.5 Å². The van der Waals surface area contributed by atoms with Gasteiger partial charge in [0, 0.05) is 22.1 Å². The van der Waals surface area contributed by atoms with Crippen molar-refractivity contribution in [1.29, 1.82) is 0 Å². The van der Waals surface area contributed by atoms with E-state index in [0.717, 1.165) is 10.0 Å². The van der Waals surface area contributed by atoms with Crippen LogP contribution in [0.25, 0.3) is 5.76 Å². The van der Waals surface area contributed by atoms with Crippen LogP contribution < -0.4 is 18.9 Å². The Morgan fingerprint density at radius 2 is 1.50 bits per heavy atom. The van der Waals surface area contributed by atoms with Gasteiger partial charge in [0.2, 0.25) is 0 Å². The average molecular weight is 582 g/mol. The van der Waals surface area contributed by atoms with Crippen LogP contribution in [0.15, 0.2) is 70.7 Å². The van der Waals surface area contributed by atoms with E-state index in [1.807, 2.05) is 12.1 Å². The van der Waals surface area contributed by atoms with E-state index in [4.69, 9.17) is 18.9 Å². The third-order valence-corrected chi connectivity index (χ3v) is 7.01. The zero-order chi connectivity index (χ0) is 27.4. The Morgan fingerprint density at radius 1 is 0.842 bits per heavy atom. The van der Waals surface area contributed by atoms with Gasteiger partial charge in [-0.3, -0.25) is 9.59 Å². The summed E-state index contributed by atoms with van der Waals surface area (Å²) in [4.78, 5) is 28.3. The molecule has 1 N–H and O–H groups in total. The fourth-order valence-electron chi connectivity index (χ4n) is 4.54. The second kappa shape index (κ2) is 11.6. The molecule has 0 aromatic heterocycles. The van der Waals surface area contributed by atoms with Crippen LogP contribution in [-0.4, -0.2) is 56.7 Å². The van der Waals surface area contributed by atoms with E-state index in [-0.39, 0.29) is 17.9 Å². The van der Waals surface area contributed by atoms with Crippen LogP contribution in [0.3, 0.4) is 0 Å². The van der Waals surface area contributed by atoms with Crippen molar-refractivity contribution in [1.82, 2.24) is 4.90 Å². The van der Waals surface area contributed by atoms with Crippen molar-refractivity contribution in [2.24, 2.45) is 0 Å². The molecule has 1 heterocycles. The highest BCUT2D eigenvalue weighted by atomic mass is 79.9. The van der Waals surface area contributed by atoms with Gasteiger partial charge >= 0.3 is 0 Å². The van der Waals surface area contributed by atoms with Gasteiger partial charge in [-0.25, -0.2) is 0 Å². The first kappa shape index (κ1) is 27.1. The van der Waals surface area contributed by atoms with Crippen LogP contribution in [0.5, 0.6) is 23.0 Å². The van der Waals surface area contributed by atoms with Gasteiger partial charge in [-0.2, -0.15) is 0 Å². The van der Waals surface area contributed by atoms with Crippen molar-refractivity contribution in [3.05, 3.63) is 87.4 Å². The number of amides is 1. The number of methoxy groups -OCH3 is 4. The second-order valence-corrected chi connectivity index (χ2v) is 9.46. The highest BCUT2D eigenvalue weighted by Crippen LogP contribution is 2.44. The topological polar surface area (TPSA) is 94.5 Å². The molecule has 8 nitrogen and oxygen atoms in total. The lowest BCUT2D eigenvalue weighted by atomic mass is 9.94. The first-order valence-electron chi connectivity index (χ1n) is 11.8. The summed E-state index contributed by atoms with van der Waals surface area (Å²) in [7, 11) is 6.15. The molecule has 3 aromatic carbocycles. The summed E-state index contributed by atoms with van der Waals surface area (Å²) in [5.74, 6) is 0.386. The number of benzene rings is 3. The Balaban J connectivity index is 1.82. The minimum atomic E-state index is -0.899. The van der Waals surface area contributed by atoms with Crippen LogP contribution in [0.1, 0.15) is 22.7 Å². The fourth-order valence-corrected chi connectivity index (χ4v) is 4.80. The predicted octanol–water partition coefficient (Wildman–Crippen LogP) is 5.15. The van der Waals surface area contributed by atoms with Crippen LogP contribution >= 0.6 is 15.9 Å². The molecule has 1 unspecified atom stereocenters. The van der Waals surface area contributed by atoms with Crippen molar-refractivity contribution in [3.8, 4) is 23.0 Å². The normalized spacial score (nSPS) is 16.4. The Kier molecular flexibility index (Phi) is 8.26. The van der Waals surface area contributed by atoms with Gasteiger partial charge in [0.1, 0.15) is 17.3 Å². The maximum absolute atomic E-state index is 13.4. The minimum absolute atomic E-state index is 0.0174. The summed E-state index contributed by atoms with van der Waals surface area (Å²) in [6, 6.07) is 16.6. The van der Waals surface area contributed by atoms with Gasteiger partial charge in [-0.05, 0) is 54.4 Å². The summed E-state index contributed by atoms with van der Waals surface area (Å²) in [5.41, 5.74) is 1.81. The quantitative estimate of drug-likeness (QED) is 0.212. The van der Waals surface area contributed by atoms with Gasteiger partial charge < -0.3 is 29.0 Å². The van der Waals surface area contributed by atoms with Crippen molar-refractivity contribution in [2.75, 3.05) is 35.0 Å². The largest absolute Gasteiger partial charge is 0.507 e. The molecular weight excluding hydrogens is 554 g/mol. The third kappa shape index (κ3) is 5.19. The van der Waals surface area contributed by atoms with Gasteiger partial charge in [-0.15, -0.1) is 0 Å². The minimum Gasteiger partial charge on any atom is -0.507 e. The molecule has 1 saturated heterocycles. The molecule has 1 aliphatic heterocycles. The molecule has 9 heteroatoms. The Morgan fingerprint density at radius 3 is 2.13 bits per heavy atom. The molecular formula is C29H28BrNO7. The molecule has 0 aliphatic carbocycles. The Hall–Kier alpha value is -3.98. The van der Waals surface area contributed by atoms with Gasteiger partial charge in [0.25, 0.3) is 11.7 Å². The van der Waals surface area contributed by atoms with E-state index in [1.54, 1.807) is 62.8 Å². The van der Waals surface area contributed by atoms with Gasteiger partial charge in [-0.1, -0.05) is 34.1 Å². The number of hydrogen-bond acceptors (Lipinski definition) is 7. The number of carbonyl (C=O) groups excluding carboxylic acids is 2. The van der Waals surface area contributed by atoms with Gasteiger partial charge in [0.05, 0.1) is 40.1 Å². The molecule has 1 atom stereocenters. The number of nitrogens with zero attached hydrogens (tertiary/aromatic N) is 1. The summed E-state index contributed by atoms with van der Waals surface area (Å²) >= 11 is 3.38. The maximum Gasteiger partial charge on any atom is 0.295 e. The SMILES string of the molecule is COc1ccc(OC)c(C2/C(=C(/O)c3ccc(Br)cc3)C(=O)C(=O)N2CCc2ccc(OC)c(OC)c2)c1. The van der Waals surface area contributed by atoms with E-state index < -0.39 is 17.7 Å². The number of aliphatic hydroxyl groups excluding tert-OH is 1. The highest BCUT2D eigenvalue weighted by molar-refractivity contribution is 9.10. The standard InChI is InChI=1S/C29H28BrNO7/c1-35-20-10-12-22(36-2)21(16-20)26-25(27(32)18-6-8-19(30)9-7-18)28(33)29(34)31(26)14-13-17-5-11-23(37-3)24(15-17)38-4/h5-12,15-16,26,32H,13-14H2,1-4H3/b27-25-. The van der Waals surface area contributed by atoms with E-state index in [0.29, 0.717) is 40.5 Å². The number of Topliss-reactive ketones (excluding diaryl/α,β-unsaturated/α-hetero) is 1. The highest BCUT2D eigenvalue weighted by Gasteiger charge is 2.47. The number of hydrogen-bond donors (Lipinski definition) is 1. The number of ketones is 1. The smallest absolute Gasteiger partial charge is 0.295 e. The van der Waals surface area contributed by atoms with Crippen molar-refractivity contribution in [3.63, 3.8) is 0 Å². The van der Waals surface area contributed by atoms with E-state index in [2.05, 4.69) is 15.9 Å². The second-order valence-electron chi connectivity index (χ2n) is 8.55. The van der Waals surface area contributed by atoms with Crippen LogP contribution in [0.4, 0.5) is 0 Å². The predicted molar refractivity (Wildman–Crippen MR) is 146 cm³/mol. The molecule has 1 fully saturated rings. The van der Waals surface area contributed by atoms with Crippen LogP contribution in [-0.2, 0) is 16.0 Å². The van der Waals surface area contributed by atoms with Crippen LogP contribution in [0.2, 0.25) is 0 Å². The van der Waals surface area contributed by atoms with Crippen molar-refractivity contribution < 1.29 is 33.6 Å². The number of likely N-dealkylation sites (tertiary alicyclic amines) is 1. The fraction of sp³-hybridized carbons (Fsp3) is 0.241. The number of aliphatic hydroxyl groups is 1. The molecule has 1 amide bonds. The Labute approximate surface area is 229 Å². The first-order valence-corrected chi connectivity index (χ1v) is 12.6. The number of halogens is 1. The monoisotopic (exact) mass is 581 g/mol. The molecule has 3 aromatic rings. The summed E-state index contributed by atoms with van der Waals surface area (Å²) < 4.78 is 22.6. The molecule has 0 saturated carbocycles. The lowest BCUT2D eigenvalue weighted by Gasteiger charge is -2.27. The van der Waals surface area contributed by atoms with Gasteiger partial charge in [0.15, 0.2) is 11.5 Å². The molecule has 4 rings (SSSR count). The van der Waals surface area contributed by atoms with Crippen molar-refractivity contribution >= 4 is 33.4 Å². The molecule has 1 aliphatic rings. The van der Waals surface area contributed by atoms with E-state index in [9.17, 15) is 14.7 Å². The molecule has 38 heavy (non-hydrogen) atoms. The number of ether oxygens (including phenoxy) is 4. The Bertz CT molecular complexity index is 1380. The molecule has 0 spiro atoms. The number of rotatable bonds is 9. The molecule has 198 valence electrons. The maximum atomic E-state index is 13.4. The third-order valence-electron chi connectivity index (χ3n) is 6.48. The zero-order valence-corrected chi connectivity index (χ0v) is 23.1.